The SMILES string of the molecule is C=C1C(CO)CCC1n1cc(C)c(=O)[nH]c1=O. The highest BCUT2D eigenvalue weighted by atomic mass is 16.3. The molecule has 0 aliphatic heterocycles. The molecule has 1 aromatic rings. The molecule has 1 saturated carbocycles. The molecule has 0 saturated heterocycles. The fraction of sp³-hybridized carbons (Fsp3) is 0.500. The largest absolute Gasteiger partial charge is 0.396 e. The molecule has 1 aliphatic rings. The van der Waals surface area contributed by atoms with Crippen LogP contribution in [0.5, 0.6) is 0 Å². The fourth-order valence-electron chi connectivity index (χ4n) is 2.35. The lowest BCUT2D eigenvalue weighted by molar-refractivity contribution is 0.249. The molecular formula is C12H16N2O3. The number of hydrogen-bond donors (Lipinski definition) is 2. The number of aliphatic hydroxyl groups excluding tert-OH is 1. The first kappa shape index (κ1) is 11.9. The van der Waals surface area contributed by atoms with Crippen LogP contribution in [0.25, 0.3) is 0 Å². The first-order valence-corrected chi connectivity index (χ1v) is 5.66. The Morgan fingerprint density at radius 2 is 2.24 bits per heavy atom. The average molecular weight is 236 g/mol. The lowest BCUT2D eigenvalue weighted by Gasteiger charge is -2.16. The molecule has 5 heteroatoms. The van der Waals surface area contributed by atoms with E-state index in [0.29, 0.717) is 5.56 Å². The van der Waals surface area contributed by atoms with Crippen molar-refractivity contribution in [2.45, 2.75) is 25.8 Å². The highest BCUT2D eigenvalue weighted by Crippen LogP contribution is 2.37. The number of aryl methyl sites for hydroxylation is 1. The highest BCUT2D eigenvalue weighted by Gasteiger charge is 2.30. The first-order valence-electron chi connectivity index (χ1n) is 5.66. The summed E-state index contributed by atoms with van der Waals surface area (Å²) < 4.78 is 1.51. The van der Waals surface area contributed by atoms with E-state index in [1.165, 1.54) is 4.57 Å². The van der Waals surface area contributed by atoms with Gasteiger partial charge in [0.2, 0.25) is 0 Å². The van der Waals surface area contributed by atoms with Gasteiger partial charge in [-0.1, -0.05) is 6.58 Å². The van der Waals surface area contributed by atoms with Crippen LogP contribution in [0.1, 0.15) is 24.4 Å². The molecule has 5 nitrogen and oxygen atoms in total. The maximum absolute atomic E-state index is 11.7. The van der Waals surface area contributed by atoms with Crippen molar-refractivity contribution < 1.29 is 5.11 Å². The van der Waals surface area contributed by atoms with Gasteiger partial charge < -0.3 is 5.11 Å². The van der Waals surface area contributed by atoms with E-state index in [9.17, 15) is 9.59 Å². The number of nitrogens with zero attached hydrogens (tertiary/aromatic N) is 1. The minimum Gasteiger partial charge on any atom is -0.396 e. The second-order valence-electron chi connectivity index (χ2n) is 4.53. The lowest BCUT2D eigenvalue weighted by Crippen LogP contribution is -2.33. The van der Waals surface area contributed by atoms with Crippen LogP contribution >= 0.6 is 0 Å². The van der Waals surface area contributed by atoms with Crippen molar-refractivity contribution in [3.63, 3.8) is 0 Å². The van der Waals surface area contributed by atoms with E-state index in [1.807, 2.05) is 0 Å². The van der Waals surface area contributed by atoms with Gasteiger partial charge in [0.05, 0.1) is 6.04 Å². The van der Waals surface area contributed by atoms with Gasteiger partial charge in [0.1, 0.15) is 0 Å². The Labute approximate surface area is 98.4 Å². The topological polar surface area (TPSA) is 75.1 Å². The van der Waals surface area contributed by atoms with E-state index in [-0.39, 0.29) is 24.1 Å². The number of H-pyrrole nitrogens is 1. The third-order valence-electron chi connectivity index (χ3n) is 3.44. The smallest absolute Gasteiger partial charge is 0.328 e. The number of aromatic nitrogens is 2. The number of rotatable bonds is 2. The zero-order valence-corrected chi connectivity index (χ0v) is 9.77. The fourth-order valence-corrected chi connectivity index (χ4v) is 2.35. The molecule has 1 aromatic heterocycles. The first-order chi connectivity index (χ1) is 8.04. The molecule has 1 aliphatic carbocycles. The van der Waals surface area contributed by atoms with E-state index in [2.05, 4.69) is 11.6 Å². The van der Waals surface area contributed by atoms with Crippen LogP contribution in [0.15, 0.2) is 27.9 Å². The molecular weight excluding hydrogens is 220 g/mol. The van der Waals surface area contributed by atoms with E-state index >= 15 is 0 Å². The maximum Gasteiger partial charge on any atom is 0.328 e. The zero-order chi connectivity index (χ0) is 12.6. The third kappa shape index (κ3) is 1.98. The van der Waals surface area contributed by atoms with E-state index in [4.69, 9.17) is 5.11 Å². The second-order valence-corrected chi connectivity index (χ2v) is 4.53. The second kappa shape index (κ2) is 4.33. The van der Waals surface area contributed by atoms with E-state index < -0.39 is 5.69 Å². The zero-order valence-electron chi connectivity index (χ0n) is 9.77. The molecule has 1 fully saturated rings. The Morgan fingerprint density at radius 1 is 1.53 bits per heavy atom. The monoisotopic (exact) mass is 236 g/mol. The summed E-state index contributed by atoms with van der Waals surface area (Å²) in [5.41, 5.74) is 0.602. The summed E-state index contributed by atoms with van der Waals surface area (Å²) >= 11 is 0. The molecule has 92 valence electrons. The molecule has 17 heavy (non-hydrogen) atoms. The summed E-state index contributed by atoms with van der Waals surface area (Å²) in [7, 11) is 0. The van der Waals surface area contributed by atoms with Gasteiger partial charge in [-0.25, -0.2) is 4.79 Å². The van der Waals surface area contributed by atoms with Crippen LogP contribution < -0.4 is 11.2 Å². The minimum absolute atomic E-state index is 0.0548. The maximum atomic E-state index is 11.7. The van der Waals surface area contributed by atoms with Crippen molar-refractivity contribution in [1.82, 2.24) is 9.55 Å². The molecule has 0 amide bonds. The summed E-state index contributed by atoms with van der Waals surface area (Å²) in [6.45, 7) is 5.67. The van der Waals surface area contributed by atoms with Crippen molar-refractivity contribution in [3.05, 3.63) is 44.8 Å². The van der Waals surface area contributed by atoms with Crippen molar-refractivity contribution in [1.29, 1.82) is 0 Å². The van der Waals surface area contributed by atoms with Gasteiger partial charge in [0.25, 0.3) is 5.56 Å². The molecule has 0 bridgehead atoms. The molecule has 2 atom stereocenters. The molecule has 2 unspecified atom stereocenters. The van der Waals surface area contributed by atoms with Crippen LogP contribution in [0, 0.1) is 12.8 Å². The van der Waals surface area contributed by atoms with Crippen molar-refractivity contribution in [2.75, 3.05) is 6.61 Å². The van der Waals surface area contributed by atoms with E-state index in [0.717, 1.165) is 18.4 Å². The molecule has 2 N–H and O–H groups in total. The van der Waals surface area contributed by atoms with Gasteiger partial charge >= 0.3 is 5.69 Å². The Hall–Kier alpha value is -1.62. The minimum atomic E-state index is -0.412. The number of hydrogen-bond acceptors (Lipinski definition) is 3. The summed E-state index contributed by atoms with van der Waals surface area (Å²) in [5.74, 6) is 0.0548. The van der Waals surface area contributed by atoms with E-state index in [1.54, 1.807) is 13.1 Å². The van der Waals surface area contributed by atoms with Gasteiger partial charge in [-0.3, -0.25) is 14.3 Å². The van der Waals surface area contributed by atoms with Gasteiger partial charge in [-0.05, 0) is 25.3 Å². The van der Waals surface area contributed by atoms with Gasteiger partial charge in [-0.2, -0.15) is 0 Å². The Morgan fingerprint density at radius 3 is 2.82 bits per heavy atom. The van der Waals surface area contributed by atoms with Crippen LogP contribution in [0.2, 0.25) is 0 Å². The lowest BCUT2D eigenvalue weighted by atomic mass is 10.0. The van der Waals surface area contributed by atoms with Gasteiger partial charge in [0.15, 0.2) is 0 Å². The highest BCUT2D eigenvalue weighted by molar-refractivity contribution is 5.16. The van der Waals surface area contributed by atoms with Gasteiger partial charge in [0, 0.05) is 24.3 Å². The number of aromatic amines is 1. The Bertz CT molecular complexity index is 556. The molecule has 1 heterocycles. The summed E-state index contributed by atoms with van der Waals surface area (Å²) in [6.07, 6.45) is 3.16. The number of nitrogens with one attached hydrogen (secondary N) is 1. The quantitative estimate of drug-likeness (QED) is 0.727. The summed E-state index contributed by atoms with van der Waals surface area (Å²) in [5, 5.41) is 9.16. The Balaban J connectivity index is 2.43. The van der Waals surface area contributed by atoms with Crippen LogP contribution in [0.4, 0.5) is 0 Å². The summed E-state index contributed by atoms with van der Waals surface area (Å²) in [4.78, 5) is 25.3. The Kier molecular flexibility index (Phi) is 3.02. The van der Waals surface area contributed by atoms with Gasteiger partial charge in [-0.15, -0.1) is 0 Å². The van der Waals surface area contributed by atoms with Crippen molar-refractivity contribution in [2.24, 2.45) is 5.92 Å². The summed E-state index contributed by atoms with van der Waals surface area (Å²) in [6, 6.07) is -0.116. The third-order valence-corrected chi connectivity index (χ3v) is 3.44. The number of aliphatic hydroxyl groups is 1. The van der Waals surface area contributed by atoms with Crippen LogP contribution in [-0.2, 0) is 0 Å². The molecule has 0 aromatic carbocycles. The van der Waals surface area contributed by atoms with Crippen molar-refractivity contribution in [3.8, 4) is 0 Å². The molecule has 0 radical (unpaired) electrons. The molecule has 0 spiro atoms. The van der Waals surface area contributed by atoms with Crippen LogP contribution in [0.3, 0.4) is 0 Å². The predicted molar refractivity (Wildman–Crippen MR) is 64.0 cm³/mol. The van der Waals surface area contributed by atoms with Crippen molar-refractivity contribution >= 4 is 0 Å². The normalized spacial score (nSPS) is 24.2. The molecule has 2 rings (SSSR count). The predicted octanol–water partition coefficient (Wildman–Crippen LogP) is 0.345. The van der Waals surface area contributed by atoms with Crippen LogP contribution in [-0.4, -0.2) is 21.3 Å². The standard InChI is InChI=1S/C12H16N2O3/c1-7-5-14(12(17)13-11(7)16)10-4-3-9(6-15)8(10)2/h5,9-10,15H,2-4,6H2,1H3,(H,13,16,17). The average Bonchev–Trinajstić information content (AvgIpc) is 2.65.